The second-order valence-corrected chi connectivity index (χ2v) is 9.62. The van der Waals surface area contributed by atoms with Crippen LogP contribution in [0.15, 0.2) is 47.4 Å². The zero-order valence-corrected chi connectivity index (χ0v) is 18.1. The lowest BCUT2D eigenvalue weighted by Gasteiger charge is -2.22. The van der Waals surface area contributed by atoms with Crippen molar-refractivity contribution in [2.24, 2.45) is 5.92 Å². The minimum atomic E-state index is -3.91. The lowest BCUT2D eigenvalue weighted by Crippen LogP contribution is -2.41. The second kappa shape index (κ2) is 9.07. The molecule has 0 aliphatic carbocycles. The van der Waals surface area contributed by atoms with Gasteiger partial charge in [-0.3, -0.25) is 9.52 Å². The van der Waals surface area contributed by atoms with Crippen LogP contribution in [0.5, 0.6) is 0 Å². The lowest BCUT2D eigenvalue weighted by atomic mass is 9.99. The summed E-state index contributed by atoms with van der Waals surface area (Å²) in [5.74, 6) is -0.729. The molecule has 0 fully saturated rings. The number of aliphatic hydroxyl groups excluding tert-OH is 1. The van der Waals surface area contributed by atoms with Crippen LogP contribution >= 0.6 is 11.3 Å². The van der Waals surface area contributed by atoms with Crippen molar-refractivity contribution in [3.05, 3.63) is 53.8 Å². The Balaban J connectivity index is 1.80. The molecule has 160 valence electrons. The molecule has 2 atom stereocenters. The van der Waals surface area contributed by atoms with Crippen LogP contribution in [0.1, 0.15) is 30.6 Å². The number of nitrogens with zero attached hydrogens (tertiary/aromatic N) is 1. The highest BCUT2D eigenvalue weighted by Gasteiger charge is 2.20. The first kappa shape index (κ1) is 22.1. The number of carbonyl (C=O) groups is 1. The Kier molecular flexibility index (Phi) is 6.69. The number of benzene rings is 2. The van der Waals surface area contributed by atoms with Crippen LogP contribution in [0.2, 0.25) is 0 Å². The van der Waals surface area contributed by atoms with Gasteiger partial charge in [-0.2, -0.15) is 0 Å². The summed E-state index contributed by atoms with van der Waals surface area (Å²) in [5, 5.41) is 12.5. The van der Waals surface area contributed by atoms with Crippen molar-refractivity contribution in [2.75, 3.05) is 11.3 Å². The number of amides is 1. The number of fused-ring (bicyclic) bond motifs is 1. The molecule has 0 saturated heterocycles. The van der Waals surface area contributed by atoms with E-state index in [1.807, 2.05) is 13.8 Å². The van der Waals surface area contributed by atoms with Crippen molar-refractivity contribution in [1.82, 2.24) is 10.3 Å². The largest absolute Gasteiger partial charge is 0.394 e. The van der Waals surface area contributed by atoms with Crippen molar-refractivity contribution >= 4 is 42.6 Å². The molecule has 1 amide bonds. The Morgan fingerprint density at radius 2 is 1.93 bits per heavy atom. The number of hydrogen-bond donors (Lipinski definition) is 3. The zero-order chi connectivity index (χ0) is 21.9. The summed E-state index contributed by atoms with van der Waals surface area (Å²) >= 11 is 1.08. The quantitative estimate of drug-likeness (QED) is 0.487. The third kappa shape index (κ3) is 4.94. The van der Waals surface area contributed by atoms with Gasteiger partial charge < -0.3 is 10.4 Å². The molecule has 1 heterocycles. The van der Waals surface area contributed by atoms with Gasteiger partial charge >= 0.3 is 0 Å². The van der Waals surface area contributed by atoms with Gasteiger partial charge in [0.15, 0.2) is 5.13 Å². The maximum absolute atomic E-state index is 13.0. The molecule has 3 aromatic rings. The summed E-state index contributed by atoms with van der Waals surface area (Å²) in [6, 6.07) is 8.98. The van der Waals surface area contributed by atoms with Crippen molar-refractivity contribution in [3.63, 3.8) is 0 Å². The van der Waals surface area contributed by atoms with Crippen LogP contribution in [-0.2, 0) is 10.0 Å². The second-order valence-electron chi connectivity index (χ2n) is 6.91. The van der Waals surface area contributed by atoms with Crippen molar-refractivity contribution in [3.8, 4) is 0 Å². The van der Waals surface area contributed by atoms with Gasteiger partial charge in [0.2, 0.25) is 0 Å². The Hall–Kier alpha value is -2.56. The standard InChI is InChI=1S/C20H22FN3O4S2/c1-3-12(2)17(11-25)22-19(26)13-4-9-16-18(10-13)29-20(23-16)24-30(27,28)15-7-5-14(21)6-8-15/h4-10,12,17,25H,3,11H2,1-2H3,(H,22,26)(H,23,24)/t12-,17-/m0/s1. The van der Waals surface area contributed by atoms with Gasteiger partial charge in [-0.1, -0.05) is 31.6 Å². The number of rotatable bonds is 8. The van der Waals surface area contributed by atoms with E-state index in [9.17, 15) is 22.7 Å². The van der Waals surface area contributed by atoms with Crippen LogP contribution in [0.25, 0.3) is 10.2 Å². The van der Waals surface area contributed by atoms with E-state index in [0.717, 1.165) is 29.9 Å². The topological polar surface area (TPSA) is 108 Å². The average molecular weight is 452 g/mol. The molecule has 3 rings (SSSR count). The van der Waals surface area contributed by atoms with E-state index >= 15 is 0 Å². The fraction of sp³-hybridized carbons (Fsp3) is 0.300. The monoisotopic (exact) mass is 451 g/mol. The maximum Gasteiger partial charge on any atom is 0.263 e. The molecule has 0 radical (unpaired) electrons. The van der Waals surface area contributed by atoms with Gasteiger partial charge in [0.25, 0.3) is 15.9 Å². The molecule has 30 heavy (non-hydrogen) atoms. The Morgan fingerprint density at radius 1 is 1.23 bits per heavy atom. The molecule has 2 aromatic carbocycles. The Morgan fingerprint density at radius 3 is 2.57 bits per heavy atom. The van der Waals surface area contributed by atoms with Crippen LogP contribution in [0, 0.1) is 11.7 Å². The number of aliphatic hydroxyl groups is 1. The van der Waals surface area contributed by atoms with Crippen molar-refractivity contribution < 1.29 is 22.7 Å². The van der Waals surface area contributed by atoms with Gasteiger partial charge in [-0.15, -0.1) is 0 Å². The molecule has 0 bridgehead atoms. The van der Waals surface area contributed by atoms with E-state index in [-0.39, 0.29) is 34.5 Å². The highest BCUT2D eigenvalue weighted by atomic mass is 32.2. The van der Waals surface area contributed by atoms with Gasteiger partial charge in [0.1, 0.15) is 5.82 Å². The van der Waals surface area contributed by atoms with Gasteiger partial charge in [0, 0.05) is 5.56 Å². The number of halogens is 1. The molecule has 10 heteroatoms. The maximum atomic E-state index is 13.0. The minimum absolute atomic E-state index is 0.0803. The van der Waals surface area contributed by atoms with Crippen LogP contribution in [-0.4, -0.2) is 37.1 Å². The fourth-order valence-corrected chi connectivity index (χ4v) is 4.94. The molecule has 1 aromatic heterocycles. The summed E-state index contributed by atoms with van der Waals surface area (Å²) < 4.78 is 41.0. The first-order valence-corrected chi connectivity index (χ1v) is 11.6. The van der Waals surface area contributed by atoms with E-state index in [4.69, 9.17) is 0 Å². The molecule has 7 nitrogen and oxygen atoms in total. The SMILES string of the molecule is CC[C@H](C)[C@H](CO)NC(=O)c1ccc2nc(NS(=O)(=O)c3ccc(F)cc3)sc2c1. The molecule has 3 N–H and O–H groups in total. The number of sulfonamides is 1. The van der Waals surface area contributed by atoms with Gasteiger partial charge in [-0.05, 0) is 48.4 Å². The smallest absolute Gasteiger partial charge is 0.263 e. The van der Waals surface area contributed by atoms with Crippen molar-refractivity contribution in [1.29, 1.82) is 0 Å². The molecule has 0 unspecified atom stereocenters. The first-order chi connectivity index (χ1) is 14.2. The summed E-state index contributed by atoms with van der Waals surface area (Å²) in [5.41, 5.74) is 0.926. The zero-order valence-electron chi connectivity index (χ0n) is 16.4. The van der Waals surface area contributed by atoms with E-state index in [0.29, 0.717) is 15.8 Å². The summed E-state index contributed by atoms with van der Waals surface area (Å²) in [6.45, 7) is 3.78. The third-order valence-electron chi connectivity index (χ3n) is 4.84. The molecule has 0 saturated carbocycles. The fourth-order valence-electron chi connectivity index (χ4n) is 2.80. The number of aromatic nitrogens is 1. The van der Waals surface area contributed by atoms with Gasteiger partial charge in [-0.25, -0.2) is 17.8 Å². The van der Waals surface area contributed by atoms with E-state index in [1.165, 1.54) is 12.1 Å². The molecule has 0 spiro atoms. The Labute approximate surface area is 178 Å². The Bertz CT molecular complexity index is 1150. The first-order valence-electron chi connectivity index (χ1n) is 9.34. The summed E-state index contributed by atoms with van der Waals surface area (Å²) in [4.78, 5) is 16.7. The highest BCUT2D eigenvalue weighted by molar-refractivity contribution is 7.93. The molecular formula is C20H22FN3O4S2. The van der Waals surface area contributed by atoms with E-state index < -0.39 is 15.8 Å². The lowest BCUT2D eigenvalue weighted by molar-refractivity contribution is 0.0891. The molecule has 0 aliphatic rings. The van der Waals surface area contributed by atoms with E-state index in [1.54, 1.807) is 18.2 Å². The number of anilines is 1. The highest BCUT2D eigenvalue weighted by Crippen LogP contribution is 2.28. The van der Waals surface area contributed by atoms with Gasteiger partial charge in [0.05, 0.1) is 27.8 Å². The average Bonchev–Trinajstić information content (AvgIpc) is 3.12. The predicted molar refractivity (Wildman–Crippen MR) is 115 cm³/mol. The minimum Gasteiger partial charge on any atom is -0.394 e. The third-order valence-corrected chi connectivity index (χ3v) is 7.26. The van der Waals surface area contributed by atoms with Crippen molar-refractivity contribution in [2.45, 2.75) is 31.2 Å². The summed E-state index contributed by atoms with van der Waals surface area (Å²) in [7, 11) is -3.91. The number of thiazole rings is 1. The van der Waals surface area contributed by atoms with Crippen LogP contribution in [0.4, 0.5) is 9.52 Å². The summed E-state index contributed by atoms with van der Waals surface area (Å²) in [6.07, 6.45) is 0.816. The number of carbonyl (C=O) groups excluding carboxylic acids is 1. The molecular weight excluding hydrogens is 429 g/mol. The predicted octanol–water partition coefficient (Wildman–Crippen LogP) is 3.37. The number of nitrogens with one attached hydrogen (secondary N) is 2. The van der Waals surface area contributed by atoms with E-state index in [2.05, 4.69) is 15.0 Å². The normalized spacial score (nSPS) is 13.7. The van der Waals surface area contributed by atoms with Crippen LogP contribution < -0.4 is 10.0 Å². The molecule has 0 aliphatic heterocycles. The number of hydrogen-bond acceptors (Lipinski definition) is 6. The van der Waals surface area contributed by atoms with Crippen LogP contribution in [0.3, 0.4) is 0 Å².